The molecule has 0 fully saturated rings. The van der Waals surface area contributed by atoms with Gasteiger partial charge in [-0.3, -0.25) is 24.6 Å². The van der Waals surface area contributed by atoms with Crippen molar-refractivity contribution in [1.29, 1.82) is 0 Å². The molecule has 11 nitrogen and oxygen atoms in total. The number of anilines is 1. The van der Waals surface area contributed by atoms with E-state index in [2.05, 4.69) is 25.5 Å². The number of ketones is 1. The fourth-order valence-corrected chi connectivity index (χ4v) is 5.68. The average Bonchev–Trinajstić information content (AvgIpc) is 3.48. The number of allylic oxidation sites excluding steroid dienone is 1. The molecule has 15 heteroatoms. The number of carbonyl (C=O) groups excluding carboxylic acids is 2. The molecular weight excluding hydrogens is 575 g/mol. The zero-order chi connectivity index (χ0) is 29.8. The van der Waals surface area contributed by atoms with Crippen LogP contribution >= 0.6 is 11.8 Å². The van der Waals surface area contributed by atoms with Crippen molar-refractivity contribution in [3.8, 4) is 5.75 Å². The third kappa shape index (κ3) is 4.34. The molecule has 0 spiro atoms. The summed E-state index contributed by atoms with van der Waals surface area (Å²) in [6.07, 6.45) is -2.53. The van der Waals surface area contributed by atoms with Crippen molar-refractivity contribution in [3.63, 3.8) is 0 Å². The molecule has 3 N–H and O–H groups in total. The zero-order valence-corrected chi connectivity index (χ0v) is 22.2. The van der Waals surface area contributed by atoms with Crippen molar-refractivity contribution < 1.29 is 27.9 Å². The highest BCUT2D eigenvalue weighted by atomic mass is 32.2. The lowest BCUT2D eigenvalue weighted by Crippen LogP contribution is -2.45. The summed E-state index contributed by atoms with van der Waals surface area (Å²) in [6.45, 7) is 1.98. The van der Waals surface area contributed by atoms with Crippen molar-refractivity contribution in [2.45, 2.75) is 18.3 Å². The van der Waals surface area contributed by atoms with Gasteiger partial charge in [-0.2, -0.15) is 22.9 Å². The van der Waals surface area contributed by atoms with Gasteiger partial charge < -0.3 is 10.0 Å². The van der Waals surface area contributed by atoms with Crippen LogP contribution in [0.2, 0.25) is 0 Å². The van der Waals surface area contributed by atoms with E-state index in [9.17, 15) is 32.7 Å². The van der Waals surface area contributed by atoms with Gasteiger partial charge in [0.2, 0.25) is 10.9 Å². The van der Waals surface area contributed by atoms with Crippen LogP contribution in [0.4, 0.5) is 18.9 Å². The largest absolute Gasteiger partial charge is 0.507 e. The minimum atomic E-state index is -4.86. The minimum Gasteiger partial charge on any atom is -0.507 e. The number of Topliss-reactive ketones (excluding diaryl/α,β-unsaturated/α-hetero) is 1. The van der Waals surface area contributed by atoms with Crippen LogP contribution in [0.1, 0.15) is 28.7 Å². The van der Waals surface area contributed by atoms with Gasteiger partial charge in [0.1, 0.15) is 11.3 Å². The molecule has 212 valence electrons. The summed E-state index contributed by atoms with van der Waals surface area (Å²) in [7, 11) is 0. The summed E-state index contributed by atoms with van der Waals surface area (Å²) in [5, 5.41) is 25.9. The number of phenols is 1. The van der Waals surface area contributed by atoms with E-state index in [0.717, 1.165) is 18.0 Å². The quantitative estimate of drug-likeness (QED) is 0.330. The highest BCUT2D eigenvalue weighted by molar-refractivity contribution is 8.08. The van der Waals surface area contributed by atoms with Crippen LogP contribution in [0, 0.1) is 0 Å². The highest BCUT2D eigenvalue weighted by Gasteiger charge is 2.40. The van der Waals surface area contributed by atoms with Crippen molar-refractivity contribution in [1.82, 2.24) is 25.1 Å². The minimum absolute atomic E-state index is 0.0931. The van der Waals surface area contributed by atoms with Crippen LogP contribution in [0.25, 0.3) is 16.6 Å². The number of H-pyrrole nitrogens is 2. The van der Waals surface area contributed by atoms with Gasteiger partial charge >= 0.3 is 6.18 Å². The maximum atomic E-state index is 13.6. The molecular formula is C27H18F3N7O4S. The summed E-state index contributed by atoms with van der Waals surface area (Å²) in [5.74, 6) is -2.81. The number of hydrogen-bond donors (Lipinski definition) is 3. The first-order valence-corrected chi connectivity index (χ1v) is 13.2. The maximum absolute atomic E-state index is 13.6. The zero-order valence-electron chi connectivity index (χ0n) is 21.4. The maximum Gasteiger partial charge on any atom is 0.453 e. The Morgan fingerprint density at radius 2 is 1.71 bits per heavy atom. The molecule has 0 aliphatic carbocycles. The smallest absolute Gasteiger partial charge is 0.453 e. The van der Waals surface area contributed by atoms with Gasteiger partial charge in [0.25, 0.3) is 17.3 Å². The monoisotopic (exact) mass is 593 g/mol. The molecule has 2 aromatic carbocycles. The summed E-state index contributed by atoms with van der Waals surface area (Å²) >= 11 is 0.736. The van der Waals surface area contributed by atoms with Crippen LogP contribution in [0.15, 0.2) is 69.2 Å². The first-order chi connectivity index (χ1) is 20.1. The molecule has 0 saturated carbocycles. The Morgan fingerprint density at radius 1 is 1.00 bits per heavy atom. The number of amides is 1. The number of phenolic OH excluding ortho intramolecular Hbond substituents is 1. The third-order valence-corrected chi connectivity index (χ3v) is 7.69. The van der Waals surface area contributed by atoms with Crippen molar-refractivity contribution in [3.05, 3.63) is 92.0 Å². The van der Waals surface area contributed by atoms with E-state index in [4.69, 9.17) is 0 Å². The molecule has 4 heterocycles. The molecule has 4 aromatic rings. The Bertz CT molecular complexity index is 2040. The highest BCUT2D eigenvalue weighted by Crippen LogP contribution is 2.42. The molecule has 1 amide bonds. The Balaban J connectivity index is 1.64. The Hall–Kier alpha value is -5.18. The lowest BCUT2D eigenvalue weighted by molar-refractivity contribution is -0.147. The molecule has 0 bridgehead atoms. The number of alkyl halides is 3. The van der Waals surface area contributed by atoms with Crippen LogP contribution in [-0.4, -0.2) is 54.6 Å². The number of aromatic nitrogens is 5. The number of hydrogen-bond acceptors (Lipinski definition) is 8. The molecule has 6 rings (SSSR count). The summed E-state index contributed by atoms with van der Waals surface area (Å²) < 4.78 is 41.3. The lowest BCUT2D eigenvalue weighted by Gasteiger charge is -2.28. The van der Waals surface area contributed by atoms with Crippen LogP contribution in [-0.2, 0) is 11.0 Å². The number of nitrogens with zero attached hydrogens (tertiary/aromatic N) is 5. The number of aromatic hydroxyl groups is 1. The van der Waals surface area contributed by atoms with Gasteiger partial charge in [0, 0.05) is 28.1 Å². The van der Waals surface area contributed by atoms with Gasteiger partial charge in [-0.25, -0.2) is 0 Å². The van der Waals surface area contributed by atoms with E-state index < -0.39 is 29.3 Å². The number of benzene rings is 2. The van der Waals surface area contributed by atoms with Crippen LogP contribution in [0.5, 0.6) is 5.75 Å². The first-order valence-electron chi connectivity index (χ1n) is 12.4. The molecule has 0 atom stereocenters. The van der Waals surface area contributed by atoms with Crippen molar-refractivity contribution >= 4 is 51.9 Å². The average molecular weight is 594 g/mol. The Labute approximate surface area is 237 Å². The van der Waals surface area contributed by atoms with Gasteiger partial charge in [0.15, 0.2) is 0 Å². The second kappa shape index (κ2) is 10.0. The van der Waals surface area contributed by atoms with E-state index in [1.165, 1.54) is 23.1 Å². The second-order valence-corrected chi connectivity index (χ2v) is 10.0. The van der Waals surface area contributed by atoms with Gasteiger partial charge in [-0.1, -0.05) is 30.3 Å². The van der Waals surface area contributed by atoms with E-state index in [1.807, 2.05) is 0 Å². The first kappa shape index (κ1) is 27.0. The van der Waals surface area contributed by atoms with Gasteiger partial charge in [-0.15, -0.1) is 10.2 Å². The molecule has 0 saturated heterocycles. The predicted molar refractivity (Wildman–Crippen MR) is 147 cm³/mol. The number of nitrogens with one attached hydrogen (secondary N) is 2. The van der Waals surface area contributed by atoms with Crippen LogP contribution < -0.4 is 21.0 Å². The normalized spacial score (nSPS) is 17.0. The Kier molecular flexibility index (Phi) is 6.45. The van der Waals surface area contributed by atoms with Gasteiger partial charge in [-0.05, 0) is 43.0 Å². The topological polar surface area (TPSA) is 149 Å². The SMILES string of the molecule is CCN1C(=O)/C(=c2/[nH][nH]c(=O)/c2=C\C2=C(c3ccccc3O)Sc3nnc(C(F)(F)F)n3N=C2)C(=O)c2ccccc21. The number of para-hydroxylation sites is 2. The molecule has 2 aromatic heterocycles. The molecule has 0 unspecified atom stereocenters. The fraction of sp³-hybridized carbons (Fsp3) is 0.111. The van der Waals surface area contributed by atoms with E-state index in [0.29, 0.717) is 10.4 Å². The number of carbonyl (C=O) groups is 2. The molecule has 0 radical (unpaired) electrons. The second-order valence-electron chi connectivity index (χ2n) is 9.05. The summed E-state index contributed by atoms with van der Waals surface area (Å²) in [6, 6.07) is 12.6. The van der Waals surface area contributed by atoms with Gasteiger partial charge in [0.05, 0.1) is 22.5 Å². The number of aromatic amines is 2. The number of halogens is 3. The number of thioether (sulfide) groups is 1. The summed E-state index contributed by atoms with van der Waals surface area (Å²) in [4.78, 5) is 41.7. The fourth-order valence-electron chi connectivity index (χ4n) is 4.69. The lowest BCUT2D eigenvalue weighted by atomic mass is 9.94. The van der Waals surface area contributed by atoms with E-state index in [1.54, 1.807) is 43.3 Å². The number of fused-ring (bicyclic) bond motifs is 2. The molecule has 42 heavy (non-hydrogen) atoms. The van der Waals surface area contributed by atoms with E-state index >= 15 is 0 Å². The van der Waals surface area contributed by atoms with Crippen molar-refractivity contribution in [2.24, 2.45) is 5.10 Å². The van der Waals surface area contributed by atoms with E-state index in [-0.39, 0.29) is 55.2 Å². The van der Waals surface area contributed by atoms with Crippen molar-refractivity contribution in [2.75, 3.05) is 11.4 Å². The summed E-state index contributed by atoms with van der Waals surface area (Å²) in [5.41, 5.74) is 0.00213. The standard InChI is InChI=1S/C27H18F3N7O4S/c1-2-36-17-9-5-3-7-14(17)21(39)19(24(36)41)20-16(23(40)33-32-20)11-13-12-31-37-25(27(28,29)30)34-35-26(37)42-22(13)15-8-4-6-10-18(15)38/h3-12,32,38H,2H2,1H3,(H,33,40)/b16-11-,20-19+. The predicted octanol–water partition coefficient (Wildman–Crippen LogP) is 2.25. The number of rotatable bonds is 3. The molecule has 2 aliphatic heterocycles. The molecule has 2 aliphatic rings. The van der Waals surface area contributed by atoms with Crippen LogP contribution in [0.3, 0.4) is 0 Å². The third-order valence-electron chi connectivity index (χ3n) is 6.59. The Morgan fingerprint density at radius 3 is 2.43 bits per heavy atom.